The molecule has 0 aliphatic heterocycles. The SMILES string of the molecule is C1CC1.Cc1c(F)c(C(NC(=O)C(F)(F)F)C2CC2)c2[nH]ncc2c1-c1cn2cc(NC=O)nc2cn1. The minimum atomic E-state index is -5.09. The molecule has 0 radical (unpaired) electrons. The molecule has 1 unspecified atom stereocenters. The third-order valence-electron chi connectivity index (χ3n) is 6.23. The van der Waals surface area contributed by atoms with Gasteiger partial charge in [-0.15, -0.1) is 0 Å². The summed E-state index contributed by atoms with van der Waals surface area (Å²) in [5.74, 6) is -2.89. The molecule has 0 saturated heterocycles. The monoisotopic (exact) mass is 517 g/mol. The standard InChI is InChI=1S/C21H17F4N7O2.C3H6/c1-9-15(12-6-32-7-13(27-8-33)29-14(32)5-26-12)11-4-28-31-19(11)16(17(9)22)18(10-2-3-10)30-20(34)21(23,24)25;1-2-3-1/h4-8,10,18H,2-3H2,1H3,(H,27,33)(H,28,31)(H,30,34);1-3H2. The van der Waals surface area contributed by atoms with Crippen molar-refractivity contribution in [2.45, 2.75) is 51.2 Å². The maximum absolute atomic E-state index is 15.8. The second kappa shape index (κ2) is 9.45. The number of carbonyl (C=O) groups excluding carboxylic acids is 2. The van der Waals surface area contributed by atoms with E-state index in [-0.39, 0.29) is 22.6 Å². The van der Waals surface area contributed by atoms with Crippen molar-refractivity contribution in [3.63, 3.8) is 0 Å². The highest BCUT2D eigenvalue weighted by atomic mass is 19.4. The minimum absolute atomic E-state index is 0.0602. The molecule has 4 aromatic rings. The van der Waals surface area contributed by atoms with Crippen molar-refractivity contribution < 1.29 is 27.2 Å². The van der Waals surface area contributed by atoms with E-state index in [2.05, 4.69) is 25.5 Å². The van der Waals surface area contributed by atoms with Gasteiger partial charge >= 0.3 is 12.1 Å². The van der Waals surface area contributed by atoms with Crippen molar-refractivity contribution >= 4 is 34.7 Å². The molecular formula is C24H23F4N7O2. The molecule has 6 rings (SSSR count). The van der Waals surface area contributed by atoms with E-state index in [1.165, 1.54) is 38.6 Å². The lowest BCUT2D eigenvalue weighted by Crippen LogP contribution is -2.40. The maximum atomic E-state index is 15.8. The lowest BCUT2D eigenvalue weighted by Gasteiger charge is -2.23. The molecule has 3 heterocycles. The average molecular weight is 517 g/mol. The molecule has 2 amide bonds. The topological polar surface area (TPSA) is 117 Å². The van der Waals surface area contributed by atoms with Crippen molar-refractivity contribution in [3.8, 4) is 11.3 Å². The normalized spacial score (nSPS) is 15.7. The van der Waals surface area contributed by atoms with E-state index in [1.807, 2.05) is 5.32 Å². The molecule has 2 aliphatic carbocycles. The van der Waals surface area contributed by atoms with E-state index in [0.29, 0.717) is 47.4 Å². The summed E-state index contributed by atoms with van der Waals surface area (Å²) in [7, 11) is 0. The maximum Gasteiger partial charge on any atom is 0.471 e. The van der Waals surface area contributed by atoms with E-state index in [0.717, 1.165) is 0 Å². The van der Waals surface area contributed by atoms with Crippen LogP contribution in [0.4, 0.5) is 23.4 Å². The van der Waals surface area contributed by atoms with Crippen LogP contribution < -0.4 is 10.6 Å². The van der Waals surface area contributed by atoms with Crippen molar-refractivity contribution in [1.29, 1.82) is 0 Å². The molecule has 0 spiro atoms. The molecule has 2 saturated carbocycles. The number of benzene rings is 1. The zero-order chi connectivity index (χ0) is 26.3. The Balaban J connectivity index is 0.000000872. The van der Waals surface area contributed by atoms with Gasteiger partial charge in [-0.1, -0.05) is 19.3 Å². The summed E-state index contributed by atoms with van der Waals surface area (Å²) in [5, 5.41) is 11.5. The first kappa shape index (κ1) is 24.7. The van der Waals surface area contributed by atoms with Crippen LogP contribution in [0.2, 0.25) is 0 Å². The van der Waals surface area contributed by atoms with E-state index < -0.39 is 23.9 Å². The number of anilines is 1. The van der Waals surface area contributed by atoms with Gasteiger partial charge in [0.25, 0.3) is 0 Å². The molecule has 9 nitrogen and oxygen atoms in total. The summed E-state index contributed by atoms with van der Waals surface area (Å²) in [6, 6.07) is -1.16. The second-order valence-corrected chi connectivity index (χ2v) is 9.16. The number of imidazole rings is 1. The molecule has 3 aromatic heterocycles. The lowest BCUT2D eigenvalue weighted by molar-refractivity contribution is -0.174. The molecule has 37 heavy (non-hydrogen) atoms. The highest BCUT2D eigenvalue weighted by Crippen LogP contribution is 2.46. The predicted molar refractivity (Wildman–Crippen MR) is 126 cm³/mol. The van der Waals surface area contributed by atoms with Crippen LogP contribution in [-0.4, -0.2) is 43.1 Å². The third kappa shape index (κ3) is 4.98. The number of H-pyrrole nitrogens is 1. The van der Waals surface area contributed by atoms with Crippen LogP contribution in [-0.2, 0) is 9.59 Å². The molecule has 0 bridgehead atoms. The number of hydrogen-bond donors (Lipinski definition) is 3. The van der Waals surface area contributed by atoms with Gasteiger partial charge < -0.3 is 15.0 Å². The van der Waals surface area contributed by atoms with Gasteiger partial charge in [0, 0.05) is 22.7 Å². The van der Waals surface area contributed by atoms with Crippen LogP contribution in [0.1, 0.15) is 49.3 Å². The summed E-state index contributed by atoms with van der Waals surface area (Å²) < 4.78 is 56.2. The van der Waals surface area contributed by atoms with Gasteiger partial charge in [-0.2, -0.15) is 18.3 Å². The zero-order valence-electron chi connectivity index (χ0n) is 19.7. The van der Waals surface area contributed by atoms with Crippen LogP contribution >= 0.6 is 0 Å². The fourth-order valence-electron chi connectivity index (χ4n) is 4.16. The summed E-state index contributed by atoms with van der Waals surface area (Å²) in [4.78, 5) is 30.9. The number of fused-ring (bicyclic) bond motifs is 2. The Bertz CT molecular complexity index is 1490. The van der Waals surface area contributed by atoms with Crippen molar-refractivity contribution in [1.82, 2.24) is 29.9 Å². The fraction of sp³-hybridized carbons (Fsp3) is 0.375. The first-order valence-electron chi connectivity index (χ1n) is 11.8. The second-order valence-electron chi connectivity index (χ2n) is 9.16. The van der Waals surface area contributed by atoms with E-state index in [1.54, 1.807) is 16.8 Å². The van der Waals surface area contributed by atoms with Crippen LogP contribution in [0.25, 0.3) is 27.8 Å². The number of hydrogen-bond acceptors (Lipinski definition) is 5. The number of rotatable bonds is 6. The van der Waals surface area contributed by atoms with Gasteiger partial charge in [0.1, 0.15) is 5.82 Å². The molecule has 13 heteroatoms. The van der Waals surface area contributed by atoms with Crippen molar-refractivity contribution in [2.24, 2.45) is 5.92 Å². The number of aromatic nitrogens is 5. The Kier molecular flexibility index (Phi) is 6.30. The molecule has 2 fully saturated rings. The number of aromatic amines is 1. The van der Waals surface area contributed by atoms with E-state index in [9.17, 15) is 22.8 Å². The van der Waals surface area contributed by atoms with E-state index in [4.69, 9.17) is 0 Å². The summed E-state index contributed by atoms with van der Waals surface area (Å²) in [6.45, 7) is 1.50. The lowest BCUT2D eigenvalue weighted by atomic mass is 9.91. The Labute approximate surface area is 207 Å². The van der Waals surface area contributed by atoms with Crippen molar-refractivity contribution in [2.75, 3.05) is 5.32 Å². The quantitative estimate of drug-likeness (QED) is 0.256. The largest absolute Gasteiger partial charge is 0.471 e. The van der Waals surface area contributed by atoms with Gasteiger partial charge in [-0.05, 0) is 31.2 Å². The smallest absolute Gasteiger partial charge is 0.341 e. The molecule has 1 atom stereocenters. The Morgan fingerprint density at radius 1 is 1.22 bits per heavy atom. The van der Waals surface area contributed by atoms with Gasteiger partial charge in [0.15, 0.2) is 11.5 Å². The fourth-order valence-corrected chi connectivity index (χ4v) is 4.16. The number of alkyl halides is 3. The van der Waals surface area contributed by atoms with Crippen LogP contribution in [0.15, 0.2) is 24.8 Å². The predicted octanol–water partition coefficient (Wildman–Crippen LogP) is 4.59. The molecule has 2 aliphatic rings. The zero-order valence-corrected chi connectivity index (χ0v) is 19.7. The van der Waals surface area contributed by atoms with E-state index >= 15 is 4.39 Å². The first-order valence-corrected chi connectivity index (χ1v) is 11.8. The number of amides is 2. The van der Waals surface area contributed by atoms with Gasteiger partial charge in [0.05, 0.1) is 35.8 Å². The first-order chi connectivity index (χ1) is 17.7. The molecule has 1 aromatic carbocycles. The average Bonchev–Trinajstić information content (AvgIpc) is 3.79. The number of nitrogens with one attached hydrogen (secondary N) is 3. The Hall–Kier alpha value is -4.03. The van der Waals surface area contributed by atoms with Crippen LogP contribution in [0.3, 0.4) is 0 Å². The molecule has 3 N–H and O–H groups in total. The van der Waals surface area contributed by atoms with Gasteiger partial charge in [-0.3, -0.25) is 19.7 Å². The number of nitrogens with zero attached hydrogens (tertiary/aromatic N) is 4. The summed E-state index contributed by atoms with van der Waals surface area (Å²) >= 11 is 0. The third-order valence-corrected chi connectivity index (χ3v) is 6.23. The van der Waals surface area contributed by atoms with Gasteiger partial charge in [0.2, 0.25) is 6.41 Å². The summed E-state index contributed by atoms with van der Waals surface area (Å²) in [5.41, 5.74) is 1.47. The highest BCUT2D eigenvalue weighted by molar-refractivity contribution is 5.98. The van der Waals surface area contributed by atoms with Crippen molar-refractivity contribution in [3.05, 3.63) is 41.7 Å². The van der Waals surface area contributed by atoms with Crippen LogP contribution in [0.5, 0.6) is 0 Å². The number of carbonyl (C=O) groups is 2. The van der Waals surface area contributed by atoms with Gasteiger partial charge in [-0.25, -0.2) is 9.37 Å². The highest BCUT2D eigenvalue weighted by Gasteiger charge is 2.44. The van der Waals surface area contributed by atoms with Crippen LogP contribution in [0, 0.1) is 18.7 Å². The minimum Gasteiger partial charge on any atom is -0.341 e. The molecular weight excluding hydrogens is 494 g/mol. The Morgan fingerprint density at radius 2 is 1.95 bits per heavy atom. The molecule has 194 valence electrons. The number of halogens is 4. The summed E-state index contributed by atoms with van der Waals surface area (Å²) in [6.07, 6.45) is 7.05. The Morgan fingerprint density at radius 3 is 2.57 bits per heavy atom.